The Bertz CT molecular complexity index is 485. The molecule has 0 aromatic heterocycles. The summed E-state index contributed by atoms with van der Waals surface area (Å²) >= 11 is 0. The van der Waals surface area contributed by atoms with Crippen LogP contribution in [0.4, 0.5) is 15.8 Å². The second kappa shape index (κ2) is 4.08. The van der Waals surface area contributed by atoms with Gasteiger partial charge in [-0.2, -0.15) is 0 Å². The van der Waals surface area contributed by atoms with Crippen molar-refractivity contribution in [3.8, 4) is 0 Å². The minimum atomic E-state index is -0.560. The van der Waals surface area contributed by atoms with E-state index < -0.39 is 5.82 Å². The number of nitrogens with zero attached hydrogens (tertiary/aromatic N) is 1. The first-order chi connectivity index (χ1) is 8.28. The topological polar surface area (TPSA) is 63.4 Å². The maximum atomic E-state index is 13.3. The molecule has 0 atom stereocenters. The van der Waals surface area contributed by atoms with Gasteiger partial charge in [-0.1, -0.05) is 13.8 Å². The lowest BCUT2D eigenvalue weighted by atomic mass is 9.81. The number of nitrogen functional groups attached to an aromatic ring is 1. The Kier molecular flexibility index (Phi) is 2.84. The van der Waals surface area contributed by atoms with Crippen molar-refractivity contribution in [2.75, 3.05) is 10.6 Å². The van der Waals surface area contributed by atoms with Crippen molar-refractivity contribution in [3.05, 3.63) is 24.0 Å². The molecule has 5 heteroatoms. The Hall–Kier alpha value is -1.91. The normalized spacial score (nSPS) is 19.2. The van der Waals surface area contributed by atoms with Gasteiger partial charge in [0.1, 0.15) is 5.82 Å². The fourth-order valence-corrected chi connectivity index (χ4v) is 2.19. The second-order valence-electron chi connectivity index (χ2n) is 5.38. The van der Waals surface area contributed by atoms with Crippen LogP contribution >= 0.6 is 0 Å². The summed E-state index contributed by atoms with van der Waals surface area (Å²) in [6, 6.07) is 3.72. The molecule has 0 aliphatic carbocycles. The zero-order chi connectivity index (χ0) is 13.5. The Labute approximate surface area is 105 Å². The second-order valence-corrected chi connectivity index (χ2v) is 5.38. The van der Waals surface area contributed by atoms with E-state index in [0.717, 1.165) is 17.0 Å². The van der Waals surface area contributed by atoms with E-state index in [1.807, 2.05) is 13.8 Å². The van der Waals surface area contributed by atoms with Crippen molar-refractivity contribution >= 4 is 23.2 Å². The van der Waals surface area contributed by atoms with E-state index in [9.17, 15) is 14.0 Å². The van der Waals surface area contributed by atoms with Gasteiger partial charge in [0.15, 0.2) is 0 Å². The van der Waals surface area contributed by atoms with Gasteiger partial charge in [0.2, 0.25) is 11.8 Å². The van der Waals surface area contributed by atoms with Crippen molar-refractivity contribution in [2.24, 2.45) is 5.41 Å². The van der Waals surface area contributed by atoms with Gasteiger partial charge in [0.25, 0.3) is 0 Å². The van der Waals surface area contributed by atoms with E-state index in [2.05, 4.69) is 0 Å². The van der Waals surface area contributed by atoms with Crippen molar-refractivity contribution in [3.63, 3.8) is 0 Å². The molecule has 1 aliphatic heterocycles. The fourth-order valence-electron chi connectivity index (χ4n) is 2.19. The Morgan fingerprint density at radius 3 is 2.22 bits per heavy atom. The number of hydrogen-bond acceptors (Lipinski definition) is 3. The third-order valence-corrected chi connectivity index (χ3v) is 2.92. The lowest BCUT2D eigenvalue weighted by molar-refractivity contribution is -0.132. The Morgan fingerprint density at radius 1 is 1.17 bits per heavy atom. The standard InChI is InChI=1S/C13H15FN2O2/c1-13(2)6-11(17)16(12(18)7-13)10-4-8(14)3-9(15)5-10/h3-5H,6-7,15H2,1-2H3. The molecule has 1 aliphatic rings. The number of rotatable bonds is 1. The summed E-state index contributed by atoms with van der Waals surface area (Å²) < 4.78 is 13.3. The lowest BCUT2D eigenvalue weighted by Crippen LogP contribution is -2.46. The van der Waals surface area contributed by atoms with E-state index in [0.29, 0.717) is 0 Å². The molecule has 18 heavy (non-hydrogen) atoms. The highest BCUT2D eigenvalue weighted by Crippen LogP contribution is 2.34. The van der Waals surface area contributed by atoms with Crippen LogP contribution < -0.4 is 10.6 Å². The van der Waals surface area contributed by atoms with Gasteiger partial charge in [0, 0.05) is 18.5 Å². The molecule has 1 saturated heterocycles. The van der Waals surface area contributed by atoms with Crippen molar-refractivity contribution in [2.45, 2.75) is 26.7 Å². The monoisotopic (exact) mass is 250 g/mol. The third kappa shape index (κ3) is 2.34. The first-order valence-corrected chi connectivity index (χ1v) is 5.70. The number of benzene rings is 1. The summed E-state index contributed by atoms with van der Waals surface area (Å²) in [5.41, 5.74) is 5.57. The molecule has 96 valence electrons. The van der Waals surface area contributed by atoms with Gasteiger partial charge < -0.3 is 5.73 Å². The largest absolute Gasteiger partial charge is 0.399 e. The predicted octanol–water partition coefficient (Wildman–Crippen LogP) is 2.09. The summed E-state index contributed by atoms with van der Waals surface area (Å²) in [6.07, 6.45) is 0.518. The van der Waals surface area contributed by atoms with Crippen LogP contribution in [-0.4, -0.2) is 11.8 Å². The van der Waals surface area contributed by atoms with E-state index >= 15 is 0 Å². The minimum absolute atomic E-state index is 0.190. The smallest absolute Gasteiger partial charge is 0.234 e. The number of halogens is 1. The molecule has 2 N–H and O–H groups in total. The van der Waals surface area contributed by atoms with Crippen LogP contribution in [0.25, 0.3) is 0 Å². The Balaban J connectivity index is 2.39. The lowest BCUT2D eigenvalue weighted by Gasteiger charge is -2.34. The quantitative estimate of drug-likeness (QED) is 0.613. The van der Waals surface area contributed by atoms with E-state index in [1.54, 1.807) is 0 Å². The maximum Gasteiger partial charge on any atom is 0.234 e. The third-order valence-electron chi connectivity index (χ3n) is 2.92. The van der Waals surface area contributed by atoms with Gasteiger partial charge in [-0.15, -0.1) is 0 Å². The van der Waals surface area contributed by atoms with E-state index in [-0.39, 0.29) is 41.4 Å². The van der Waals surface area contributed by atoms with Crippen LogP contribution in [0, 0.1) is 11.2 Å². The molecule has 4 nitrogen and oxygen atoms in total. The number of nitrogens with two attached hydrogens (primary N) is 1. The summed E-state index contributed by atoms with van der Waals surface area (Å²) in [5, 5.41) is 0. The zero-order valence-corrected chi connectivity index (χ0v) is 10.4. The molecule has 2 rings (SSSR count). The van der Waals surface area contributed by atoms with Crippen LogP contribution in [0.3, 0.4) is 0 Å². The molecule has 0 unspecified atom stereocenters. The number of anilines is 2. The average molecular weight is 250 g/mol. The van der Waals surface area contributed by atoms with Crippen LogP contribution in [-0.2, 0) is 9.59 Å². The van der Waals surface area contributed by atoms with Crippen molar-refractivity contribution in [1.82, 2.24) is 0 Å². The predicted molar refractivity (Wildman–Crippen MR) is 66.3 cm³/mol. The van der Waals surface area contributed by atoms with Crippen LogP contribution in [0.2, 0.25) is 0 Å². The number of carbonyl (C=O) groups excluding carboxylic acids is 2. The summed E-state index contributed by atoms with van der Waals surface area (Å²) in [4.78, 5) is 25.0. The molecular weight excluding hydrogens is 235 g/mol. The van der Waals surface area contributed by atoms with E-state index in [1.165, 1.54) is 6.07 Å². The van der Waals surface area contributed by atoms with Crippen molar-refractivity contribution in [1.29, 1.82) is 0 Å². The molecule has 1 aromatic rings. The van der Waals surface area contributed by atoms with Gasteiger partial charge in [-0.3, -0.25) is 14.5 Å². The van der Waals surface area contributed by atoms with Gasteiger partial charge in [0.05, 0.1) is 5.69 Å². The van der Waals surface area contributed by atoms with Gasteiger partial charge in [-0.25, -0.2) is 4.39 Å². The minimum Gasteiger partial charge on any atom is -0.399 e. The number of amides is 2. The first kappa shape index (κ1) is 12.5. The maximum absolute atomic E-state index is 13.3. The average Bonchev–Trinajstić information content (AvgIpc) is 2.11. The summed E-state index contributed by atoms with van der Waals surface area (Å²) in [7, 11) is 0. The number of imide groups is 1. The van der Waals surface area contributed by atoms with Crippen molar-refractivity contribution < 1.29 is 14.0 Å². The van der Waals surface area contributed by atoms with E-state index in [4.69, 9.17) is 5.73 Å². The molecular formula is C13H15FN2O2. The molecule has 0 bridgehead atoms. The summed E-state index contributed by atoms with van der Waals surface area (Å²) in [5.74, 6) is -1.20. The molecule has 0 radical (unpaired) electrons. The highest BCUT2D eigenvalue weighted by atomic mass is 19.1. The molecule has 1 aromatic carbocycles. The highest BCUT2D eigenvalue weighted by molar-refractivity contribution is 6.17. The zero-order valence-electron chi connectivity index (χ0n) is 10.4. The summed E-state index contributed by atoms with van der Waals surface area (Å²) in [6.45, 7) is 3.72. The van der Waals surface area contributed by atoms with Crippen LogP contribution in [0.15, 0.2) is 18.2 Å². The molecule has 1 fully saturated rings. The van der Waals surface area contributed by atoms with Gasteiger partial charge >= 0.3 is 0 Å². The Morgan fingerprint density at radius 2 is 1.72 bits per heavy atom. The van der Waals surface area contributed by atoms with Gasteiger partial charge in [-0.05, 0) is 23.6 Å². The molecule has 2 amide bonds. The molecule has 0 spiro atoms. The SMILES string of the molecule is CC1(C)CC(=O)N(c2cc(N)cc(F)c2)C(=O)C1. The number of hydrogen-bond donors (Lipinski definition) is 1. The fraction of sp³-hybridized carbons (Fsp3) is 0.385. The van der Waals surface area contributed by atoms with Crippen LogP contribution in [0.5, 0.6) is 0 Å². The highest BCUT2D eigenvalue weighted by Gasteiger charge is 2.38. The van der Waals surface area contributed by atoms with Crippen LogP contribution in [0.1, 0.15) is 26.7 Å². The first-order valence-electron chi connectivity index (χ1n) is 5.70. The molecule has 1 heterocycles. The number of piperidine rings is 1. The number of carbonyl (C=O) groups is 2. The molecule has 0 saturated carbocycles.